The zero-order valence-electron chi connectivity index (χ0n) is 14.2. The molecule has 23 heavy (non-hydrogen) atoms. The maximum atomic E-state index is 5.33. The van der Waals surface area contributed by atoms with E-state index in [-0.39, 0.29) is 0 Å². The minimum absolute atomic E-state index is 0.884. The number of hydrogen-bond acceptors (Lipinski definition) is 3. The van der Waals surface area contributed by atoms with Crippen molar-refractivity contribution in [1.82, 2.24) is 9.80 Å². The molecule has 1 heterocycles. The van der Waals surface area contributed by atoms with Gasteiger partial charge in [-0.1, -0.05) is 24.3 Å². The second kappa shape index (κ2) is 6.66. The van der Waals surface area contributed by atoms with E-state index in [0.29, 0.717) is 0 Å². The van der Waals surface area contributed by atoms with Crippen LogP contribution >= 0.6 is 0 Å². The maximum absolute atomic E-state index is 5.33. The number of nitrogens with zero attached hydrogens (tertiary/aromatic N) is 2. The Morgan fingerprint density at radius 1 is 1.04 bits per heavy atom. The second-order valence-electron chi connectivity index (χ2n) is 7.47. The number of rotatable bonds is 5. The number of piperazine rings is 1. The van der Waals surface area contributed by atoms with E-state index in [2.05, 4.69) is 40.2 Å². The van der Waals surface area contributed by atoms with Crippen molar-refractivity contribution in [2.45, 2.75) is 19.4 Å². The van der Waals surface area contributed by atoms with Crippen LogP contribution < -0.4 is 4.74 Å². The van der Waals surface area contributed by atoms with Gasteiger partial charge in [0.25, 0.3) is 0 Å². The molecular formula is C20H28N2O. The number of ether oxygens (including phenoxy) is 1. The van der Waals surface area contributed by atoms with E-state index in [1.807, 2.05) is 6.07 Å². The fourth-order valence-corrected chi connectivity index (χ4v) is 4.60. The first-order chi connectivity index (χ1) is 11.3. The Kier molecular flexibility index (Phi) is 4.41. The van der Waals surface area contributed by atoms with Crippen molar-refractivity contribution in [3.63, 3.8) is 0 Å². The molecule has 3 aliphatic rings. The Balaban J connectivity index is 1.25. The van der Waals surface area contributed by atoms with Crippen LogP contribution in [-0.2, 0) is 6.54 Å². The summed E-state index contributed by atoms with van der Waals surface area (Å²) in [5.41, 5.74) is 1.36. The highest BCUT2D eigenvalue weighted by Gasteiger charge is 2.36. The van der Waals surface area contributed by atoms with Gasteiger partial charge in [-0.05, 0) is 48.3 Å². The minimum atomic E-state index is 0.884. The van der Waals surface area contributed by atoms with Crippen molar-refractivity contribution in [2.75, 3.05) is 39.8 Å². The molecule has 4 rings (SSSR count). The van der Waals surface area contributed by atoms with Crippen molar-refractivity contribution < 1.29 is 4.74 Å². The first kappa shape index (κ1) is 15.2. The second-order valence-corrected chi connectivity index (χ2v) is 7.47. The average Bonchev–Trinajstić information content (AvgIpc) is 3.20. The Morgan fingerprint density at radius 3 is 2.57 bits per heavy atom. The van der Waals surface area contributed by atoms with Crippen LogP contribution in [0.1, 0.15) is 18.4 Å². The molecule has 2 aliphatic carbocycles. The lowest BCUT2D eigenvalue weighted by Crippen LogP contribution is -2.47. The molecule has 0 N–H and O–H groups in total. The highest BCUT2D eigenvalue weighted by Crippen LogP contribution is 2.43. The number of allylic oxidation sites excluding steroid dienone is 2. The quantitative estimate of drug-likeness (QED) is 0.777. The molecule has 1 aliphatic heterocycles. The molecule has 3 heteroatoms. The number of methoxy groups -OCH3 is 1. The summed E-state index contributed by atoms with van der Waals surface area (Å²) in [6, 6.07) is 8.47. The van der Waals surface area contributed by atoms with Gasteiger partial charge in [-0.2, -0.15) is 0 Å². The molecule has 3 atom stereocenters. The van der Waals surface area contributed by atoms with E-state index in [9.17, 15) is 0 Å². The summed E-state index contributed by atoms with van der Waals surface area (Å²) in [7, 11) is 1.74. The molecule has 0 amide bonds. The lowest BCUT2D eigenvalue weighted by molar-refractivity contribution is 0.108. The van der Waals surface area contributed by atoms with E-state index < -0.39 is 0 Å². The number of hydrogen-bond donors (Lipinski definition) is 0. The van der Waals surface area contributed by atoms with Crippen molar-refractivity contribution in [3.8, 4) is 5.75 Å². The van der Waals surface area contributed by atoms with Crippen molar-refractivity contribution in [2.24, 2.45) is 17.8 Å². The van der Waals surface area contributed by atoms with Crippen LogP contribution in [0.25, 0.3) is 0 Å². The van der Waals surface area contributed by atoms with Gasteiger partial charge in [-0.25, -0.2) is 0 Å². The van der Waals surface area contributed by atoms with Gasteiger partial charge in [-0.15, -0.1) is 0 Å². The molecule has 0 radical (unpaired) electrons. The first-order valence-corrected chi connectivity index (χ1v) is 9.06. The van der Waals surface area contributed by atoms with Crippen LogP contribution in [0.2, 0.25) is 0 Å². The maximum Gasteiger partial charge on any atom is 0.119 e. The molecule has 124 valence electrons. The summed E-state index contributed by atoms with van der Waals surface area (Å²) in [6.45, 7) is 7.19. The van der Waals surface area contributed by atoms with Crippen molar-refractivity contribution >= 4 is 0 Å². The summed E-state index contributed by atoms with van der Waals surface area (Å²) in [5, 5.41) is 0. The fraction of sp³-hybridized carbons (Fsp3) is 0.600. The first-order valence-electron chi connectivity index (χ1n) is 9.06. The fourth-order valence-electron chi connectivity index (χ4n) is 4.60. The largest absolute Gasteiger partial charge is 0.497 e. The molecule has 1 aromatic rings. The van der Waals surface area contributed by atoms with E-state index >= 15 is 0 Å². The van der Waals surface area contributed by atoms with Crippen molar-refractivity contribution in [1.29, 1.82) is 0 Å². The summed E-state index contributed by atoms with van der Waals surface area (Å²) in [6.07, 6.45) is 7.80. The third-order valence-corrected chi connectivity index (χ3v) is 5.91. The van der Waals surface area contributed by atoms with Gasteiger partial charge in [-0.3, -0.25) is 4.90 Å². The lowest BCUT2D eigenvalue weighted by Gasteiger charge is -2.37. The third-order valence-electron chi connectivity index (χ3n) is 5.91. The van der Waals surface area contributed by atoms with Crippen LogP contribution in [0.3, 0.4) is 0 Å². The molecule has 0 aromatic heterocycles. The summed E-state index contributed by atoms with van der Waals surface area (Å²) in [5.74, 6) is 3.68. The van der Waals surface area contributed by atoms with Crippen LogP contribution in [0, 0.1) is 17.8 Å². The molecule has 2 bridgehead atoms. The molecule has 1 saturated carbocycles. The zero-order valence-corrected chi connectivity index (χ0v) is 14.2. The monoisotopic (exact) mass is 312 g/mol. The topological polar surface area (TPSA) is 15.7 Å². The molecule has 2 fully saturated rings. The van der Waals surface area contributed by atoms with Crippen LogP contribution in [0.5, 0.6) is 5.75 Å². The molecule has 3 nitrogen and oxygen atoms in total. The standard InChI is InChI=1S/C20H28N2O/c1-23-20-4-2-3-17(13-20)14-21-7-9-22(10-8-21)15-19-12-16-5-6-18(19)11-16/h2-6,13,16,18-19H,7-12,14-15H2,1H3/t16-,18-,19-/m1/s1. The molecular weight excluding hydrogens is 284 g/mol. The predicted octanol–water partition coefficient (Wildman–Crippen LogP) is 3.03. The SMILES string of the molecule is COc1cccc(CN2CCN(C[C@H]3C[C@@H]4C=C[C@@H]3C4)CC2)c1. The van der Waals surface area contributed by atoms with Gasteiger partial charge in [0.15, 0.2) is 0 Å². The van der Waals surface area contributed by atoms with Crippen molar-refractivity contribution in [3.05, 3.63) is 42.0 Å². The molecule has 0 spiro atoms. The van der Waals surface area contributed by atoms with E-state index in [4.69, 9.17) is 4.74 Å². The Bertz CT molecular complexity index is 563. The Hall–Kier alpha value is -1.32. The summed E-state index contributed by atoms with van der Waals surface area (Å²) < 4.78 is 5.33. The number of fused-ring (bicyclic) bond motifs is 2. The summed E-state index contributed by atoms with van der Waals surface area (Å²) in [4.78, 5) is 5.27. The molecule has 0 unspecified atom stereocenters. The van der Waals surface area contributed by atoms with Crippen LogP contribution in [-0.4, -0.2) is 49.6 Å². The van der Waals surface area contributed by atoms with Crippen LogP contribution in [0.15, 0.2) is 36.4 Å². The molecule has 1 saturated heterocycles. The van der Waals surface area contributed by atoms with Gasteiger partial charge in [0, 0.05) is 39.3 Å². The lowest BCUT2D eigenvalue weighted by atomic mass is 9.93. The van der Waals surface area contributed by atoms with Gasteiger partial charge < -0.3 is 9.64 Å². The normalized spacial score (nSPS) is 30.9. The van der Waals surface area contributed by atoms with Gasteiger partial charge in [0.05, 0.1) is 7.11 Å². The van der Waals surface area contributed by atoms with E-state index in [1.165, 1.54) is 51.1 Å². The average molecular weight is 312 g/mol. The highest BCUT2D eigenvalue weighted by molar-refractivity contribution is 5.28. The van der Waals surface area contributed by atoms with E-state index in [0.717, 1.165) is 30.0 Å². The van der Waals surface area contributed by atoms with Gasteiger partial charge in [0.1, 0.15) is 5.75 Å². The van der Waals surface area contributed by atoms with Gasteiger partial charge >= 0.3 is 0 Å². The molecule has 1 aromatic carbocycles. The number of benzene rings is 1. The predicted molar refractivity (Wildman–Crippen MR) is 93.6 cm³/mol. The van der Waals surface area contributed by atoms with Crippen LogP contribution in [0.4, 0.5) is 0 Å². The van der Waals surface area contributed by atoms with E-state index in [1.54, 1.807) is 7.11 Å². The van der Waals surface area contributed by atoms with Gasteiger partial charge in [0.2, 0.25) is 0 Å². The Labute approximate surface area is 139 Å². The smallest absolute Gasteiger partial charge is 0.119 e. The summed E-state index contributed by atoms with van der Waals surface area (Å²) >= 11 is 0. The zero-order chi connectivity index (χ0) is 15.6. The highest BCUT2D eigenvalue weighted by atomic mass is 16.5. The Morgan fingerprint density at radius 2 is 1.87 bits per heavy atom. The minimum Gasteiger partial charge on any atom is -0.497 e. The third kappa shape index (κ3) is 3.46.